The van der Waals surface area contributed by atoms with Gasteiger partial charge < -0.3 is 15.2 Å². The highest BCUT2D eigenvalue weighted by atomic mass is 16.2. The molecule has 4 amide bonds. The molecule has 2 aliphatic rings. The summed E-state index contributed by atoms with van der Waals surface area (Å²) >= 11 is 0. The van der Waals surface area contributed by atoms with Gasteiger partial charge in [0.25, 0.3) is 5.91 Å². The van der Waals surface area contributed by atoms with Crippen LogP contribution in [0.15, 0.2) is 12.4 Å². The molecule has 2 fully saturated rings. The van der Waals surface area contributed by atoms with Gasteiger partial charge in [0.05, 0.1) is 6.54 Å². The summed E-state index contributed by atoms with van der Waals surface area (Å²) in [7, 11) is 1.74. The molecule has 8 nitrogen and oxygen atoms in total. The number of nitrogens with one attached hydrogen (secondary N) is 3. The number of rotatable bonds is 4. The number of imidazole rings is 1. The molecular formula is C17H25N5O3. The molecule has 0 bridgehead atoms. The lowest BCUT2D eigenvalue weighted by atomic mass is 9.76. The van der Waals surface area contributed by atoms with E-state index >= 15 is 0 Å². The average molecular weight is 347 g/mol. The van der Waals surface area contributed by atoms with Gasteiger partial charge in [0.2, 0.25) is 5.91 Å². The molecule has 2 heterocycles. The molecule has 25 heavy (non-hydrogen) atoms. The van der Waals surface area contributed by atoms with E-state index in [1.54, 1.807) is 24.0 Å². The van der Waals surface area contributed by atoms with Gasteiger partial charge in [-0.1, -0.05) is 13.8 Å². The Labute approximate surface area is 146 Å². The first kappa shape index (κ1) is 17.4. The molecule has 1 aromatic heterocycles. The van der Waals surface area contributed by atoms with Gasteiger partial charge in [0.1, 0.15) is 5.82 Å². The standard InChI is InChI=1S/C17H25N5O3/c1-10-6-11(2)8-12(7-10)13(23)19-9-17(14-18-4-5-22(14)3)15(24)20-16(25)21-17/h4-5,10-12H,6-9H2,1-3H3,(H,19,23)(H2,20,21,24,25). The first-order valence-corrected chi connectivity index (χ1v) is 8.71. The average Bonchev–Trinajstić information content (AvgIpc) is 3.07. The minimum atomic E-state index is -1.38. The zero-order chi connectivity index (χ0) is 18.2. The zero-order valence-corrected chi connectivity index (χ0v) is 14.8. The smallest absolute Gasteiger partial charge is 0.322 e. The van der Waals surface area contributed by atoms with Crippen molar-refractivity contribution in [3.8, 4) is 0 Å². The Kier molecular flexibility index (Phi) is 4.53. The van der Waals surface area contributed by atoms with Crippen LogP contribution >= 0.6 is 0 Å². The van der Waals surface area contributed by atoms with Crippen LogP contribution in [0, 0.1) is 17.8 Å². The van der Waals surface area contributed by atoms with E-state index in [2.05, 4.69) is 34.8 Å². The van der Waals surface area contributed by atoms with E-state index in [1.807, 2.05) is 0 Å². The molecule has 1 saturated carbocycles. The van der Waals surface area contributed by atoms with E-state index in [9.17, 15) is 14.4 Å². The molecule has 1 aliphatic carbocycles. The van der Waals surface area contributed by atoms with Crippen LogP contribution in [0.1, 0.15) is 38.9 Å². The van der Waals surface area contributed by atoms with Crippen LogP contribution in [0.3, 0.4) is 0 Å². The number of imide groups is 1. The second-order valence-electron chi connectivity index (χ2n) is 7.51. The third-order valence-electron chi connectivity index (χ3n) is 5.22. The Morgan fingerprint density at radius 1 is 1.32 bits per heavy atom. The quantitative estimate of drug-likeness (QED) is 0.695. The Hall–Kier alpha value is -2.38. The van der Waals surface area contributed by atoms with E-state index in [0.717, 1.165) is 19.3 Å². The Morgan fingerprint density at radius 2 is 2.00 bits per heavy atom. The molecule has 3 atom stereocenters. The lowest BCUT2D eigenvalue weighted by Crippen LogP contribution is -2.54. The van der Waals surface area contributed by atoms with Crippen LogP contribution in [0.5, 0.6) is 0 Å². The first-order valence-electron chi connectivity index (χ1n) is 8.71. The van der Waals surface area contributed by atoms with Gasteiger partial charge in [-0.05, 0) is 31.1 Å². The summed E-state index contributed by atoms with van der Waals surface area (Å²) in [6.07, 6.45) is 6.09. The summed E-state index contributed by atoms with van der Waals surface area (Å²) in [6, 6.07) is -0.581. The number of carbonyl (C=O) groups is 3. The highest BCUT2D eigenvalue weighted by molar-refractivity contribution is 6.07. The number of amides is 4. The predicted molar refractivity (Wildman–Crippen MR) is 90.2 cm³/mol. The summed E-state index contributed by atoms with van der Waals surface area (Å²) in [4.78, 5) is 41.0. The fourth-order valence-electron chi connectivity index (χ4n) is 4.15. The van der Waals surface area contributed by atoms with Crippen molar-refractivity contribution in [1.29, 1.82) is 0 Å². The SMILES string of the molecule is CC1CC(C)CC(C(=O)NCC2(c3nccn3C)NC(=O)NC2=O)C1. The predicted octanol–water partition coefficient (Wildman–Crippen LogP) is 0.643. The molecule has 3 N–H and O–H groups in total. The maximum Gasteiger partial charge on any atom is 0.322 e. The highest BCUT2D eigenvalue weighted by Crippen LogP contribution is 2.33. The van der Waals surface area contributed by atoms with Crippen LogP contribution < -0.4 is 16.0 Å². The normalized spacial score (nSPS) is 32.2. The number of hydrogen-bond donors (Lipinski definition) is 3. The molecule has 3 unspecified atom stereocenters. The second-order valence-corrected chi connectivity index (χ2v) is 7.51. The maximum absolute atomic E-state index is 12.6. The van der Waals surface area contributed by atoms with Gasteiger partial charge in [-0.25, -0.2) is 9.78 Å². The Balaban J connectivity index is 1.76. The van der Waals surface area contributed by atoms with E-state index in [4.69, 9.17) is 0 Å². The number of aryl methyl sites for hydroxylation is 1. The highest BCUT2D eigenvalue weighted by Gasteiger charge is 2.51. The molecule has 0 radical (unpaired) electrons. The lowest BCUT2D eigenvalue weighted by molar-refractivity contribution is -0.128. The van der Waals surface area contributed by atoms with Crippen molar-refractivity contribution < 1.29 is 14.4 Å². The largest absolute Gasteiger partial charge is 0.352 e. The van der Waals surface area contributed by atoms with Gasteiger partial charge in [0, 0.05) is 25.4 Å². The van der Waals surface area contributed by atoms with Crippen molar-refractivity contribution >= 4 is 17.8 Å². The number of nitrogens with zero attached hydrogens (tertiary/aromatic N) is 2. The van der Waals surface area contributed by atoms with Gasteiger partial charge >= 0.3 is 6.03 Å². The van der Waals surface area contributed by atoms with Gasteiger partial charge in [0.15, 0.2) is 5.54 Å². The summed E-state index contributed by atoms with van der Waals surface area (Å²) in [5.41, 5.74) is -1.38. The van der Waals surface area contributed by atoms with Crippen molar-refractivity contribution in [2.45, 2.75) is 38.6 Å². The molecule has 8 heteroatoms. The monoisotopic (exact) mass is 347 g/mol. The summed E-state index contributed by atoms with van der Waals surface area (Å²) in [5, 5.41) is 7.76. The van der Waals surface area contributed by atoms with Crippen molar-refractivity contribution in [2.75, 3.05) is 6.54 Å². The molecule has 1 aliphatic heterocycles. The fraction of sp³-hybridized carbons (Fsp3) is 0.647. The zero-order valence-electron chi connectivity index (χ0n) is 14.8. The van der Waals surface area contributed by atoms with Crippen LogP contribution in [0.4, 0.5) is 4.79 Å². The Bertz CT molecular complexity index is 690. The first-order chi connectivity index (χ1) is 11.8. The maximum atomic E-state index is 12.6. The topological polar surface area (TPSA) is 105 Å². The lowest BCUT2D eigenvalue weighted by Gasteiger charge is -2.32. The van der Waals surface area contributed by atoms with Crippen LogP contribution in [0.25, 0.3) is 0 Å². The minimum Gasteiger partial charge on any atom is -0.352 e. The Morgan fingerprint density at radius 3 is 2.52 bits per heavy atom. The van der Waals surface area contributed by atoms with Crippen molar-refractivity contribution in [2.24, 2.45) is 24.8 Å². The van der Waals surface area contributed by atoms with E-state index < -0.39 is 17.5 Å². The second kappa shape index (κ2) is 6.50. The number of aromatic nitrogens is 2. The van der Waals surface area contributed by atoms with Gasteiger partial charge in [-0.15, -0.1) is 0 Å². The molecule has 1 saturated heterocycles. The molecular weight excluding hydrogens is 322 g/mol. The summed E-state index contributed by atoms with van der Waals surface area (Å²) < 4.78 is 1.67. The third-order valence-corrected chi connectivity index (χ3v) is 5.22. The van der Waals surface area contributed by atoms with Crippen molar-refractivity contribution in [3.05, 3.63) is 18.2 Å². The van der Waals surface area contributed by atoms with Crippen LogP contribution in [-0.4, -0.2) is 33.9 Å². The summed E-state index contributed by atoms with van der Waals surface area (Å²) in [6.45, 7) is 4.31. The van der Waals surface area contributed by atoms with Crippen LogP contribution in [0.2, 0.25) is 0 Å². The molecule has 3 rings (SSSR count). The minimum absolute atomic E-state index is 0.0203. The van der Waals surface area contributed by atoms with Crippen LogP contribution in [-0.2, 0) is 22.2 Å². The molecule has 0 spiro atoms. The summed E-state index contributed by atoms with van der Waals surface area (Å²) in [5.74, 6) is 0.784. The van der Waals surface area contributed by atoms with E-state index in [-0.39, 0.29) is 18.4 Å². The number of carbonyl (C=O) groups excluding carboxylic acids is 3. The van der Waals surface area contributed by atoms with Gasteiger partial charge in [-0.3, -0.25) is 14.9 Å². The van der Waals surface area contributed by atoms with E-state index in [1.165, 1.54) is 0 Å². The number of hydrogen-bond acceptors (Lipinski definition) is 4. The van der Waals surface area contributed by atoms with Gasteiger partial charge in [-0.2, -0.15) is 0 Å². The van der Waals surface area contributed by atoms with Crippen molar-refractivity contribution in [3.63, 3.8) is 0 Å². The molecule has 0 aromatic carbocycles. The van der Waals surface area contributed by atoms with Crippen molar-refractivity contribution in [1.82, 2.24) is 25.5 Å². The molecule has 1 aromatic rings. The third kappa shape index (κ3) is 3.25. The fourth-order valence-corrected chi connectivity index (χ4v) is 4.15. The molecule has 136 valence electrons. The number of urea groups is 1. The van der Waals surface area contributed by atoms with E-state index in [0.29, 0.717) is 17.7 Å².